The molecule has 0 spiro atoms. The van der Waals surface area contributed by atoms with Crippen molar-refractivity contribution in [2.24, 2.45) is 12.0 Å². The topological polar surface area (TPSA) is 84.5 Å². The maximum absolute atomic E-state index is 9.35. The van der Waals surface area contributed by atoms with Crippen LogP contribution in [-0.2, 0) is 11.8 Å². The first-order valence-corrected chi connectivity index (χ1v) is 6.72. The molecule has 22 heavy (non-hydrogen) atoms. The fraction of sp³-hybridized carbons (Fsp3) is 0.267. The van der Waals surface area contributed by atoms with Gasteiger partial charge in [0.15, 0.2) is 12.2 Å². The van der Waals surface area contributed by atoms with E-state index in [0.29, 0.717) is 23.8 Å². The van der Waals surface area contributed by atoms with Crippen molar-refractivity contribution < 1.29 is 9.47 Å². The van der Waals surface area contributed by atoms with Crippen LogP contribution in [0.4, 0.5) is 17.3 Å². The van der Waals surface area contributed by atoms with E-state index >= 15 is 0 Å². The second kappa shape index (κ2) is 7.13. The van der Waals surface area contributed by atoms with E-state index in [1.807, 2.05) is 31.2 Å². The largest absolute Gasteiger partial charge is 0.497 e. The zero-order valence-corrected chi connectivity index (χ0v) is 12.7. The van der Waals surface area contributed by atoms with Crippen LogP contribution in [0.25, 0.3) is 0 Å². The Kier molecular flexibility index (Phi) is 4.98. The Hall–Kier alpha value is -3.01. The van der Waals surface area contributed by atoms with E-state index in [4.69, 9.17) is 9.47 Å². The highest BCUT2D eigenvalue weighted by atomic mass is 16.5. The lowest BCUT2D eigenvalue weighted by atomic mass is 10.2. The highest BCUT2D eigenvalue weighted by Crippen LogP contribution is 2.28. The Balaban J connectivity index is 2.28. The van der Waals surface area contributed by atoms with Gasteiger partial charge in [-0.1, -0.05) is 0 Å². The molecule has 0 unspecified atom stereocenters. The smallest absolute Gasteiger partial charge is 0.196 e. The van der Waals surface area contributed by atoms with E-state index in [2.05, 4.69) is 21.5 Å². The number of aromatic nitrogens is 2. The minimum Gasteiger partial charge on any atom is -0.497 e. The van der Waals surface area contributed by atoms with Crippen LogP contribution in [0, 0.1) is 11.3 Å². The van der Waals surface area contributed by atoms with Crippen molar-refractivity contribution in [2.45, 2.75) is 6.92 Å². The van der Waals surface area contributed by atoms with E-state index in [-0.39, 0.29) is 0 Å². The molecule has 7 nitrogen and oxygen atoms in total. The highest BCUT2D eigenvalue weighted by molar-refractivity contribution is 5.71. The molecule has 1 heterocycles. The van der Waals surface area contributed by atoms with Crippen LogP contribution in [0.1, 0.15) is 12.5 Å². The molecular weight excluding hydrogens is 282 g/mol. The third-order valence-corrected chi connectivity index (χ3v) is 2.91. The summed E-state index contributed by atoms with van der Waals surface area (Å²) in [5.74, 6) is 1.64. The summed E-state index contributed by atoms with van der Waals surface area (Å²) < 4.78 is 11.7. The second-order valence-corrected chi connectivity index (χ2v) is 4.33. The Morgan fingerprint density at radius 3 is 2.73 bits per heavy atom. The number of ether oxygens (including phenoxy) is 2. The number of methoxy groups -OCH3 is 1. The first-order chi connectivity index (χ1) is 10.7. The molecule has 0 radical (unpaired) electrons. The summed E-state index contributed by atoms with van der Waals surface area (Å²) in [7, 11) is 3.35. The maximum Gasteiger partial charge on any atom is 0.196 e. The molecule has 0 bridgehead atoms. The van der Waals surface area contributed by atoms with E-state index in [9.17, 15) is 5.26 Å². The van der Waals surface area contributed by atoms with Crippen LogP contribution in [0.2, 0.25) is 0 Å². The number of nitrogens with zero attached hydrogens (tertiary/aromatic N) is 4. The van der Waals surface area contributed by atoms with E-state index < -0.39 is 0 Å². The number of benzene rings is 1. The predicted octanol–water partition coefficient (Wildman–Crippen LogP) is 2.74. The molecule has 0 aliphatic carbocycles. The summed E-state index contributed by atoms with van der Waals surface area (Å²) in [6.07, 6.45) is 1.29. The van der Waals surface area contributed by atoms with Gasteiger partial charge < -0.3 is 14.8 Å². The minimum atomic E-state index is 0.314. The molecule has 1 N–H and O–H groups in total. The summed E-state index contributed by atoms with van der Waals surface area (Å²) in [6, 6.07) is 9.49. The number of hydrogen-bond acceptors (Lipinski definition) is 6. The van der Waals surface area contributed by atoms with E-state index in [0.717, 1.165) is 11.4 Å². The molecule has 0 amide bonds. The molecule has 114 valence electrons. The number of nitriles is 1. The SMILES string of the molecule is CCOC=Nc1nn(C)c(Nc2ccc(OC)cc2)c1C#N. The lowest BCUT2D eigenvalue weighted by Crippen LogP contribution is -2.00. The lowest BCUT2D eigenvalue weighted by Gasteiger charge is -2.07. The van der Waals surface area contributed by atoms with Crippen molar-refractivity contribution >= 4 is 23.7 Å². The summed E-state index contributed by atoms with van der Waals surface area (Å²) in [4.78, 5) is 4.06. The number of nitrogens with one attached hydrogen (secondary N) is 1. The average Bonchev–Trinajstić information content (AvgIpc) is 2.83. The molecule has 1 aromatic heterocycles. The fourth-order valence-corrected chi connectivity index (χ4v) is 1.82. The van der Waals surface area contributed by atoms with Crippen LogP contribution in [-0.4, -0.2) is 29.9 Å². The third kappa shape index (κ3) is 3.35. The Bertz CT molecular complexity index is 698. The molecule has 2 aromatic rings. The number of anilines is 2. The van der Waals surface area contributed by atoms with Gasteiger partial charge in [-0.05, 0) is 31.2 Å². The Morgan fingerprint density at radius 2 is 2.14 bits per heavy atom. The van der Waals surface area contributed by atoms with Gasteiger partial charge in [0.2, 0.25) is 0 Å². The first-order valence-electron chi connectivity index (χ1n) is 6.72. The van der Waals surface area contributed by atoms with E-state index in [1.165, 1.54) is 6.40 Å². The van der Waals surface area contributed by atoms with Crippen LogP contribution in [0.15, 0.2) is 29.3 Å². The van der Waals surface area contributed by atoms with Crippen molar-refractivity contribution in [1.82, 2.24) is 9.78 Å². The van der Waals surface area contributed by atoms with Crippen LogP contribution < -0.4 is 10.1 Å². The van der Waals surface area contributed by atoms with Crippen LogP contribution in [0.3, 0.4) is 0 Å². The maximum atomic E-state index is 9.35. The highest BCUT2D eigenvalue weighted by Gasteiger charge is 2.15. The van der Waals surface area contributed by atoms with Gasteiger partial charge in [-0.15, -0.1) is 5.10 Å². The molecule has 0 fully saturated rings. The van der Waals surface area contributed by atoms with Gasteiger partial charge in [-0.25, -0.2) is 4.68 Å². The fourth-order valence-electron chi connectivity index (χ4n) is 1.82. The quantitative estimate of drug-likeness (QED) is 0.655. The predicted molar refractivity (Wildman–Crippen MR) is 84.0 cm³/mol. The van der Waals surface area contributed by atoms with Crippen molar-refractivity contribution in [1.29, 1.82) is 5.26 Å². The summed E-state index contributed by atoms with van der Waals surface area (Å²) in [5.41, 5.74) is 1.18. The molecule has 2 rings (SSSR count). The van der Waals surface area contributed by atoms with Crippen molar-refractivity contribution in [3.8, 4) is 11.8 Å². The van der Waals surface area contributed by atoms with Gasteiger partial charge in [0.25, 0.3) is 0 Å². The molecular formula is C15H17N5O2. The lowest BCUT2D eigenvalue weighted by molar-refractivity contribution is 0.344. The minimum absolute atomic E-state index is 0.314. The zero-order chi connectivity index (χ0) is 15.9. The molecule has 0 saturated carbocycles. The monoisotopic (exact) mass is 299 g/mol. The van der Waals surface area contributed by atoms with Gasteiger partial charge in [0, 0.05) is 12.7 Å². The van der Waals surface area contributed by atoms with Gasteiger partial charge >= 0.3 is 0 Å². The van der Waals surface area contributed by atoms with Gasteiger partial charge in [-0.3, -0.25) is 0 Å². The van der Waals surface area contributed by atoms with Crippen molar-refractivity contribution in [3.63, 3.8) is 0 Å². The summed E-state index contributed by atoms with van der Waals surface area (Å²) in [5, 5.41) is 16.7. The molecule has 0 atom stereocenters. The molecule has 7 heteroatoms. The number of hydrogen-bond donors (Lipinski definition) is 1. The first kappa shape index (κ1) is 15.4. The standard InChI is InChI=1S/C15H17N5O2/c1-4-22-10-17-14-13(9-16)15(20(2)19-14)18-11-5-7-12(21-3)8-6-11/h5-8,10,18H,4H2,1-3H3. The van der Waals surface area contributed by atoms with E-state index in [1.54, 1.807) is 18.8 Å². The normalized spacial score (nSPS) is 10.5. The molecule has 0 aliphatic rings. The van der Waals surface area contributed by atoms with Crippen LogP contribution in [0.5, 0.6) is 5.75 Å². The number of rotatable bonds is 6. The van der Waals surface area contributed by atoms with Crippen molar-refractivity contribution in [3.05, 3.63) is 29.8 Å². The molecule has 0 saturated heterocycles. The van der Waals surface area contributed by atoms with Crippen molar-refractivity contribution in [2.75, 3.05) is 19.0 Å². The zero-order valence-electron chi connectivity index (χ0n) is 12.7. The number of aryl methyl sites for hydroxylation is 1. The number of aliphatic imine (C=N–C) groups is 1. The second-order valence-electron chi connectivity index (χ2n) is 4.33. The van der Waals surface area contributed by atoms with Gasteiger partial charge in [0.1, 0.15) is 23.2 Å². The third-order valence-electron chi connectivity index (χ3n) is 2.91. The Labute approximate surface area is 128 Å². The van der Waals surface area contributed by atoms with Gasteiger partial charge in [-0.2, -0.15) is 10.3 Å². The summed E-state index contributed by atoms with van der Waals surface area (Å²) in [6.45, 7) is 2.36. The summed E-state index contributed by atoms with van der Waals surface area (Å²) >= 11 is 0. The van der Waals surface area contributed by atoms with Crippen LogP contribution >= 0.6 is 0 Å². The Morgan fingerprint density at radius 1 is 1.41 bits per heavy atom. The molecule has 1 aromatic carbocycles. The van der Waals surface area contributed by atoms with Gasteiger partial charge in [0.05, 0.1) is 13.7 Å². The molecule has 0 aliphatic heterocycles. The average molecular weight is 299 g/mol.